The highest BCUT2D eigenvalue weighted by molar-refractivity contribution is 5.79. The second kappa shape index (κ2) is 10.3. The van der Waals surface area contributed by atoms with E-state index in [2.05, 4.69) is 0 Å². The molecule has 1 rings (SSSR count). The number of carboxylic acids is 1. The Balaban J connectivity index is 3.05. The van der Waals surface area contributed by atoms with Crippen LogP contribution < -0.4 is 15.2 Å². The number of benzene rings is 1. The highest BCUT2D eigenvalue weighted by atomic mass is 16.7. The molecule has 2 atom stereocenters. The summed E-state index contributed by atoms with van der Waals surface area (Å²) in [6.07, 6.45) is -2.19. The number of esters is 2. The van der Waals surface area contributed by atoms with Crippen molar-refractivity contribution in [2.24, 2.45) is 5.73 Å². The molecule has 0 radical (unpaired) electrons. The summed E-state index contributed by atoms with van der Waals surface area (Å²) in [6, 6.07) is 4.23. The number of carbonyl (C=O) groups is 4. The Morgan fingerprint density at radius 2 is 1.58 bits per heavy atom. The Morgan fingerprint density at radius 1 is 1.03 bits per heavy atom. The van der Waals surface area contributed by atoms with Crippen LogP contribution >= 0.6 is 0 Å². The van der Waals surface area contributed by atoms with Gasteiger partial charge in [0.2, 0.25) is 0 Å². The molecule has 0 heterocycles. The molecule has 0 aliphatic heterocycles. The molecule has 172 valence electrons. The fraction of sp³-hybridized carbons (Fsp3) is 0.524. The number of ether oxygens (including phenoxy) is 4. The standard InChI is InChI=1S/C21H29NO9/c1-12(28-19(27)31-20(4,5)6)10-21(22,18(25)26)11-15-7-8-16(29-13(2)23)17(9-15)30-14(3)24/h7-9,12H,10-11,22H2,1-6H3,(H,25,26)/t12-,21?/m0/s1. The molecule has 0 aromatic heterocycles. The normalized spacial score (nSPS) is 14.0. The number of carboxylic acid groups (broad SMARTS) is 1. The largest absolute Gasteiger partial charge is 0.509 e. The van der Waals surface area contributed by atoms with E-state index in [9.17, 15) is 24.3 Å². The van der Waals surface area contributed by atoms with Crippen LogP contribution in [0.25, 0.3) is 0 Å². The highest BCUT2D eigenvalue weighted by Gasteiger charge is 2.37. The third kappa shape index (κ3) is 9.04. The summed E-state index contributed by atoms with van der Waals surface area (Å²) < 4.78 is 20.2. The van der Waals surface area contributed by atoms with Gasteiger partial charge in [-0.15, -0.1) is 0 Å². The van der Waals surface area contributed by atoms with Crippen molar-refractivity contribution in [2.45, 2.75) is 71.6 Å². The van der Waals surface area contributed by atoms with E-state index in [-0.39, 0.29) is 24.3 Å². The number of hydrogen-bond donors (Lipinski definition) is 2. The summed E-state index contributed by atoms with van der Waals surface area (Å²) in [5, 5.41) is 9.70. The maximum absolute atomic E-state index is 11.9. The lowest BCUT2D eigenvalue weighted by Crippen LogP contribution is -2.52. The van der Waals surface area contributed by atoms with E-state index >= 15 is 0 Å². The summed E-state index contributed by atoms with van der Waals surface area (Å²) in [5.74, 6) is -2.63. The van der Waals surface area contributed by atoms with E-state index in [1.807, 2.05) is 0 Å². The van der Waals surface area contributed by atoms with E-state index in [4.69, 9.17) is 24.7 Å². The molecule has 0 saturated heterocycles. The van der Waals surface area contributed by atoms with Crippen molar-refractivity contribution in [1.29, 1.82) is 0 Å². The van der Waals surface area contributed by atoms with Crippen LogP contribution in [0.3, 0.4) is 0 Å². The molecule has 0 fully saturated rings. The third-order valence-electron chi connectivity index (χ3n) is 3.80. The molecule has 10 nitrogen and oxygen atoms in total. The summed E-state index contributed by atoms with van der Waals surface area (Å²) >= 11 is 0. The first-order valence-electron chi connectivity index (χ1n) is 9.53. The van der Waals surface area contributed by atoms with Crippen molar-refractivity contribution in [3.63, 3.8) is 0 Å². The monoisotopic (exact) mass is 439 g/mol. The molecule has 1 unspecified atom stereocenters. The van der Waals surface area contributed by atoms with Crippen LogP contribution in [0.2, 0.25) is 0 Å². The minimum Gasteiger partial charge on any atom is -0.480 e. The van der Waals surface area contributed by atoms with Crippen molar-refractivity contribution >= 4 is 24.1 Å². The van der Waals surface area contributed by atoms with Gasteiger partial charge in [0.1, 0.15) is 17.2 Å². The molecule has 0 aliphatic rings. The Morgan fingerprint density at radius 3 is 2.06 bits per heavy atom. The molecular formula is C21H29NO9. The van der Waals surface area contributed by atoms with Gasteiger partial charge in [-0.2, -0.15) is 0 Å². The Kier molecular flexibility index (Phi) is 8.56. The number of hydrogen-bond acceptors (Lipinski definition) is 9. The van der Waals surface area contributed by atoms with Crippen LogP contribution in [-0.2, 0) is 30.3 Å². The molecule has 10 heteroatoms. The first kappa shape index (κ1) is 25.9. The van der Waals surface area contributed by atoms with Gasteiger partial charge in [0, 0.05) is 26.7 Å². The van der Waals surface area contributed by atoms with E-state index in [0.717, 1.165) is 0 Å². The topological polar surface area (TPSA) is 151 Å². The highest BCUT2D eigenvalue weighted by Crippen LogP contribution is 2.31. The lowest BCUT2D eigenvalue weighted by atomic mass is 9.86. The first-order valence-corrected chi connectivity index (χ1v) is 9.53. The van der Waals surface area contributed by atoms with E-state index in [1.165, 1.54) is 39.0 Å². The maximum Gasteiger partial charge on any atom is 0.509 e. The van der Waals surface area contributed by atoms with E-state index in [1.54, 1.807) is 20.8 Å². The number of aliphatic carboxylic acids is 1. The molecule has 0 saturated carbocycles. The van der Waals surface area contributed by atoms with Crippen LogP contribution in [0.4, 0.5) is 4.79 Å². The van der Waals surface area contributed by atoms with E-state index in [0.29, 0.717) is 5.56 Å². The van der Waals surface area contributed by atoms with Crippen LogP contribution in [0.5, 0.6) is 11.5 Å². The summed E-state index contributed by atoms with van der Waals surface area (Å²) in [7, 11) is 0. The maximum atomic E-state index is 11.9. The van der Waals surface area contributed by atoms with Crippen molar-refractivity contribution in [1.82, 2.24) is 0 Å². The van der Waals surface area contributed by atoms with Crippen LogP contribution in [0, 0.1) is 0 Å². The quantitative estimate of drug-likeness (QED) is 0.456. The zero-order chi connectivity index (χ0) is 24.0. The molecule has 0 bridgehead atoms. The van der Waals surface area contributed by atoms with Gasteiger partial charge >= 0.3 is 24.1 Å². The minimum absolute atomic E-state index is 0.00558. The van der Waals surface area contributed by atoms with Gasteiger partial charge in [-0.1, -0.05) is 6.07 Å². The summed E-state index contributed by atoms with van der Waals surface area (Å²) in [4.78, 5) is 46.3. The van der Waals surface area contributed by atoms with Crippen LogP contribution in [-0.4, -0.2) is 46.4 Å². The number of carbonyl (C=O) groups excluding carboxylic acids is 3. The molecule has 31 heavy (non-hydrogen) atoms. The molecule has 0 spiro atoms. The first-order chi connectivity index (χ1) is 14.1. The van der Waals surface area contributed by atoms with E-state index < -0.39 is 41.3 Å². The lowest BCUT2D eigenvalue weighted by molar-refractivity contribution is -0.145. The number of nitrogens with two attached hydrogens (primary N) is 1. The van der Waals surface area contributed by atoms with Gasteiger partial charge in [-0.3, -0.25) is 14.4 Å². The fourth-order valence-corrected chi connectivity index (χ4v) is 2.73. The SMILES string of the molecule is CC(=O)Oc1ccc(CC(N)(C[C@H](C)OC(=O)OC(C)(C)C)C(=O)O)cc1OC(C)=O. The van der Waals surface area contributed by atoms with Gasteiger partial charge in [-0.25, -0.2) is 4.79 Å². The molecule has 3 N–H and O–H groups in total. The fourth-order valence-electron chi connectivity index (χ4n) is 2.73. The van der Waals surface area contributed by atoms with Crippen molar-refractivity contribution in [3.05, 3.63) is 23.8 Å². The van der Waals surface area contributed by atoms with Crippen molar-refractivity contribution in [2.75, 3.05) is 0 Å². The average molecular weight is 439 g/mol. The Hall–Kier alpha value is -3.14. The van der Waals surface area contributed by atoms with Crippen molar-refractivity contribution in [3.8, 4) is 11.5 Å². The lowest BCUT2D eigenvalue weighted by Gasteiger charge is -2.28. The molecule has 1 aromatic rings. The van der Waals surface area contributed by atoms with Gasteiger partial charge in [0.15, 0.2) is 11.5 Å². The zero-order valence-electron chi connectivity index (χ0n) is 18.5. The van der Waals surface area contributed by atoms with Crippen molar-refractivity contribution < 1.29 is 43.2 Å². The van der Waals surface area contributed by atoms with Gasteiger partial charge < -0.3 is 29.8 Å². The Bertz CT molecular complexity index is 844. The molecule has 0 amide bonds. The predicted octanol–water partition coefficient (Wildman–Crippen LogP) is 2.59. The van der Waals surface area contributed by atoms with Gasteiger partial charge in [0.25, 0.3) is 0 Å². The number of rotatable bonds is 8. The van der Waals surface area contributed by atoms with Crippen LogP contribution in [0.1, 0.15) is 53.5 Å². The predicted molar refractivity (Wildman–Crippen MR) is 109 cm³/mol. The minimum atomic E-state index is -1.81. The van der Waals surface area contributed by atoms with Gasteiger partial charge in [-0.05, 0) is 45.4 Å². The second-order valence-electron chi connectivity index (χ2n) is 8.20. The second-order valence-corrected chi connectivity index (χ2v) is 8.20. The molecular weight excluding hydrogens is 410 g/mol. The van der Waals surface area contributed by atoms with Crippen LogP contribution in [0.15, 0.2) is 18.2 Å². The zero-order valence-corrected chi connectivity index (χ0v) is 18.5. The van der Waals surface area contributed by atoms with Gasteiger partial charge in [0.05, 0.1) is 0 Å². The summed E-state index contributed by atoms with van der Waals surface area (Å²) in [5.41, 5.74) is 3.95. The molecule has 1 aromatic carbocycles. The molecule has 0 aliphatic carbocycles. The average Bonchev–Trinajstić information content (AvgIpc) is 2.53. The summed E-state index contributed by atoms with van der Waals surface area (Å²) in [6.45, 7) is 8.87. The Labute approximate surface area is 180 Å². The third-order valence-corrected chi connectivity index (χ3v) is 3.80. The smallest absolute Gasteiger partial charge is 0.480 e.